The van der Waals surface area contributed by atoms with Crippen molar-refractivity contribution in [2.24, 2.45) is 0 Å². The van der Waals surface area contributed by atoms with E-state index in [1.54, 1.807) is 6.20 Å². The number of carbonyl (C=O) groups is 1. The van der Waals surface area contributed by atoms with Gasteiger partial charge >= 0.3 is 0 Å². The molecule has 2 aromatic rings. The third-order valence-corrected chi connectivity index (χ3v) is 3.23. The summed E-state index contributed by atoms with van der Waals surface area (Å²) in [7, 11) is 0. The van der Waals surface area contributed by atoms with E-state index in [0.29, 0.717) is 12.4 Å². The molecule has 21 heavy (non-hydrogen) atoms. The molecular weight excluding hydrogens is 268 g/mol. The van der Waals surface area contributed by atoms with Gasteiger partial charge in [0.05, 0.1) is 18.4 Å². The zero-order valence-electron chi connectivity index (χ0n) is 11.7. The molecule has 1 aromatic carbocycles. The van der Waals surface area contributed by atoms with Crippen molar-refractivity contribution in [3.8, 4) is 5.75 Å². The standard InChI is InChI=1S/C15H16N4O2/c1-2-17-14-8-16-7-11(18-14)15(20)19-12-9-21-13-6-4-3-5-10(12)13/h3-8,12H,2,9H2,1H3,(H,17,18)(H,19,20). The van der Waals surface area contributed by atoms with Crippen molar-refractivity contribution < 1.29 is 9.53 Å². The largest absolute Gasteiger partial charge is 0.491 e. The van der Waals surface area contributed by atoms with Gasteiger partial charge in [0, 0.05) is 12.1 Å². The lowest BCUT2D eigenvalue weighted by Gasteiger charge is -2.11. The number of carbonyl (C=O) groups excluding carboxylic acids is 1. The lowest BCUT2D eigenvalue weighted by Crippen LogP contribution is -2.30. The summed E-state index contributed by atoms with van der Waals surface area (Å²) in [5, 5.41) is 5.96. The summed E-state index contributed by atoms with van der Waals surface area (Å²) in [4.78, 5) is 20.5. The number of benzene rings is 1. The first-order valence-electron chi connectivity index (χ1n) is 6.86. The Labute approximate surface area is 122 Å². The second kappa shape index (κ2) is 5.78. The van der Waals surface area contributed by atoms with E-state index in [4.69, 9.17) is 4.74 Å². The molecule has 108 valence electrons. The maximum absolute atomic E-state index is 12.3. The van der Waals surface area contributed by atoms with Gasteiger partial charge in [-0.15, -0.1) is 0 Å². The second-order valence-corrected chi connectivity index (χ2v) is 4.69. The van der Waals surface area contributed by atoms with Gasteiger partial charge in [0.2, 0.25) is 0 Å². The number of hydrogen-bond acceptors (Lipinski definition) is 5. The maximum Gasteiger partial charge on any atom is 0.272 e. The first kappa shape index (κ1) is 13.4. The Hall–Kier alpha value is -2.63. The number of fused-ring (bicyclic) bond motifs is 1. The summed E-state index contributed by atoms with van der Waals surface area (Å²) in [5.41, 5.74) is 1.28. The molecular formula is C15H16N4O2. The lowest BCUT2D eigenvalue weighted by atomic mass is 10.1. The van der Waals surface area contributed by atoms with Gasteiger partial charge in [-0.05, 0) is 13.0 Å². The summed E-state index contributed by atoms with van der Waals surface area (Å²) in [6.45, 7) is 3.12. The molecule has 1 aromatic heterocycles. The summed E-state index contributed by atoms with van der Waals surface area (Å²) < 4.78 is 5.55. The van der Waals surface area contributed by atoms with Gasteiger partial charge in [-0.1, -0.05) is 18.2 Å². The number of amides is 1. The van der Waals surface area contributed by atoms with E-state index in [9.17, 15) is 4.79 Å². The molecule has 2 heterocycles. The van der Waals surface area contributed by atoms with E-state index in [-0.39, 0.29) is 17.6 Å². The number of nitrogens with one attached hydrogen (secondary N) is 2. The smallest absolute Gasteiger partial charge is 0.272 e. The zero-order valence-corrected chi connectivity index (χ0v) is 11.7. The van der Waals surface area contributed by atoms with Crippen LogP contribution < -0.4 is 15.4 Å². The minimum Gasteiger partial charge on any atom is -0.491 e. The Morgan fingerprint density at radius 3 is 3.10 bits per heavy atom. The van der Waals surface area contributed by atoms with Crippen LogP contribution in [-0.4, -0.2) is 29.0 Å². The average molecular weight is 284 g/mol. The van der Waals surface area contributed by atoms with Crippen molar-refractivity contribution in [1.29, 1.82) is 0 Å². The normalized spacial score (nSPS) is 16.0. The highest BCUT2D eigenvalue weighted by Gasteiger charge is 2.25. The van der Waals surface area contributed by atoms with Crippen LogP contribution in [0.2, 0.25) is 0 Å². The maximum atomic E-state index is 12.3. The Morgan fingerprint density at radius 1 is 1.38 bits per heavy atom. The van der Waals surface area contributed by atoms with Gasteiger partial charge in [0.15, 0.2) is 0 Å². The second-order valence-electron chi connectivity index (χ2n) is 4.69. The van der Waals surface area contributed by atoms with Gasteiger partial charge in [-0.3, -0.25) is 9.78 Å². The highest BCUT2D eigenvalue weighted by Crippen LogP contribution is 2.31. The minimum absolute atomic E-state index is 0.154. The molecule has 1 unspecified atom stereocenters. The molecule has 0 saturated carbocycles. The molecule has 6 nitrogen and oxygen atoms in total. The fourth-order valence-electron chi connectivity index (χ4n) is 2.26. The Balaban J connectivity index is 1.74. The molecule has 0 radical (unpaired) electrons. The first-order valence-corrected chi connectivity index (χ1v) is 6.86. The molecule has 2 N–H and O–H groups in total. The molecule has 6 heteroatoms. The van der Waals surface area contributed by atoms with Crippen LogP contribution in [-0.2, 0) is 0 Å². The third-order valence-electron chi connectivity index (χ3n) is 3.23. The van der Waals surface area contributed by atoms with Crippen molar-refractivity contribution in [2.75, 3.05) is 18.5 Å². The SMILES string of the molecule is CCNc1cncc(C(=O)NC2COc3ccccc32)n1. The number of para-hydroxylation sites is 1. The van der Waals surface area contributed by atoms with Gasteiger partial charge < -0.3 is 15.4 Å². The highest BCUT2D eigenvalue weighted by molar-refractivity contribution is 5.92. The van der Waals surface area contributed by atoms with Crippen molar-refractivity contribution in [1.82, 2.24) is 15.3 Å². The fraction of sp³-hybridized carbons (Fsp3) is 0.267. The van der Waals surface area contributed by atoms with Crippen LogP contribution in [0.4, 0.5) is 5.82 Å². The predicted molar refractivity (Wildman–Crippen MR) is 78.3 cm³/mol. The molecule has 0 saturated heterocycles. The monoisotopic (exact) mass is 284 g/mol. The Bertz CT molecular complexity index is 660. The van der Waals surface area contributed by atoms with Crippen molar-refractivity contribution in [2.45, 2.75) is 13.0 Å². The van der Waals surface area contributed by atoms with Gasteiger partial charge in [0.1, 0.15) is 23.9 Å². The first-order chi connectivity index (χ1) is 10.3. The molecule has 0 aliphatic carbocycles. The molecule has 0 fully saturated rings. The van der Waals surface area contributed by atoms with Gasteiger partial charge in [0.25, 0.3) is 5.91 Å². The van der Waals surface area contributed by atoms with E-state index in [2.05, 4.69) is 20.6 Å². The van der Waals surface area contributed by atoms with Crippen LogP contribution in [0.15, 0.2) is 36.7 Å². The van der Waals surface area contributed by atoms with E-state index >= 15 is 0 Å². The highest BCUT2D eigenvalue weighted by atomic mass is 16.5. The van der Waals surface area contributed by atoms with Gasteiger partial charge in [-0.2, -0.15) is 0 Å². The number of nitrogens with zero attached hydrogens (tertiary/aromatic N) is 2. The average Bonchev–Trinajstić information content (AvgIpc) is 2.91. The molecule has 1 aliphatic heterocycles. The zero-order chi connectivity index (χ0) is 14.7. The quantitative estimate of drug-likeness (QED) is 0.895. The molecule has 3 rings (SSSR count). The van der Waals surface area contributed by atoms with E-state index in [0.717, 1.165) is 17.9 Å². The number of rotatable bonds is 4. The summed E-state index contributed by atoms with van der Waals surface area (Å²) >= 11 is 0. The van der Waals surface area contributed by atoms with E-state index < -0.39 is 0 Å². The van der Waals surface area contributed by atoms with E-state index in [1.165, 1.54) is 6.20 Å². The molecule has 0 spiro atoms. The van der Waals surface area contributed by atoms with Crippen LogP contribution in [0, 0.1) is 0 Å². The molecule has 1 aliphatic rings. The summed E-state index contributed by atoms with van der Waals surface area (Å²) in [6, 6.07) is 7.53. The molecule has 1 amide bonds. The number of hydrogen-bond donors (Lipinski definition) is 2. The van der Waals surface area contributed by atoms with Crippen LogP contribution in [0.25, 0.3) is 0 Å². The predicted octanol–water partition coefficient (Wildman–Crippen LogP) is 1.77. The third kappa shape index (κ3) is 2.79. The molecule has 0 bridgehead atoms. The number of anilines is 1. The summed E-state index contributed by atoms with van der Waals surface area (Å²) in [6.07, 6.45) is 3.05. The number of aromatic nitrogens is 2. The Kier molecular flexibility index (Phi) is 3.68. The summed E-state index contributed by atoms with van der Waals surface area (Å²) in [5.74, 6) is 1.15. The van der Waals surface area contributed by atoms with Crippen LogP contribution >= 0.6 is 0 Å². The number of ether oxygens (including phenoxy) is 1. The Morgan fingerprint density at radius 2 is 2.24 bits per heavy atom. The minimum atomic E-state index is -0.257. The van der Waals surface area contributed by atoms with E-state index in [1.807, 2.05) is 31.2 Å². The van der Waals surface area contributed by atoms with Crippen molar-refractivity contribution in [3.63, 3.8) is 0 Å². The van der Waals surface area contributed by atoms with Crippen LogP contribution in [0.3, 0.4) is 0 Å². The van der Waals surface area contributed by atoms with Crippen LogP contribution in [0.5, 0.6) is 5.75 Å². The van der Waals surface area contributed by atoms with Gasteiger partial charge in [-0.25, -0.2) is 4.98 Å². The molecule has 1 atom stereocenters. The van der Waals surface area contributed by atoms with Crippen LogP contribution in [0.1, 0.15) is 29.0 Å². The fourth-order valence-corrected chi connectivity index (χ4v) is 2.26. The topological polar surface area (TPSA) is 76.1 Å². The van der Waals surface area contributed by atoms with Crippen molar-refractivity contribution >= 4 is 11.7 Å². The lowest BCUT2D eigenvalue weighted by molar-refractivity contribution is 0.0925. The van der Waals surface area contributed by atoms with Crippen molar-refractivity contribution in [3.05, 3.63) is 47.9 Å².